The van der Waals surface area contributed by atoms with Gasteiger partial charge in [0.15, 0.2) is 0 Å². The Hall–Kier alpha value is -0.690. The summed E-state index contributed by atoms with van der Waals surface area (Å²) in [5, 5.41) is 3.27. The second kappa shape index (κ2) is 9.28. The van der Waals surface area contributed by atoms with Crippen LogP contribution in [-0.2, 0) is 14.3 Å². The number of methoxy groups -OCH3 is 2. The van der Waals surface area contributed by atoms with Gasteiger partial charge in [-0.15, -0.1) is 0 Å². The van der Waals surface area contributed by atoms with E-state index in [0.29, 0.717) is 13.2 Å². The quantitative estimate of drug-likeness (QED) is 0.669. The molecule has 1 amide bonds. The zero-order chi connectivity index (χ0) is 15.0. The number of hydrogen-bond donors (Lipinski definition) is 1. The third kappa shape index (κ3) is 5.01. The van der Waals surface area contributed by atoms with E-state index < -0.39 is 0 Å². The molecule has 0 aromatic rings. The Bertz CT molecular complexity index is 283. The van der Waals surface area contributed by atoms with Crippen LogP contribution in [0.2, 0.25) is 0 Å². The van der Waals surface area contributed by atoms with E-state index in [1.54, 1.807) is 14.2 Å². The van der Waals surface area contributed by atoms with Crippen LogP contribution in [0.15, 0.2) is 0 Å². The number of carbonyl (C=O) groups excluding carboxylic acids is 1. The van der Waals surface area contributed by atoms with Gasteiger partial charge in [0.1, 0.15) is 0 Å². The third-order valence-electron chi connectivity index (χ3n) is 3.81. The maximum absolute atomic E-state index is 12.6. The minimum atomic E-state index is -0.145. The number of amides is 1. The zero-order valence-electron chi connectivity index (χ0n) is 13.2. The van der Waals surface area contributed by atoms with E-state index in [1.165, 1.54) is 0 Å². The third-order valence-corrected chi connectivity index (χ3v) is 3.81. The molecule has 2 unspecified atom stereocenters. The average Bonchev–Trinajstić information content (AvgIpc) is 2.48. The van der Waals surface area contributed by atoms with Crippen molar-refractivity contribution < 1.29 is 14.3 Å². The highest BCUT2D eigenvalue weighted by atomic mass is 16.5. The largest absolute Gasteiger partial charge is 0.383 e. The molecule has 1 fully saturated rings. The molecule has 0 aromatic carbocycles. The summed E-state index contributed by atoms with van der Waals surface area (Å²) in [6.45, 7) is 9.37. The predicted molar refractivity (Wildman–Crippen MR) is 78.8 cm³/mol. The maximum atomic E-state index is 12.6. The van der Waals surface area contributed by atoms with Gasteiger partial charge in [0.2, 0.25) is 5.91 Å². The van der Waals surface area contributed by atoms with Gasteiger partial charge in [0.05, 0.1) is 19.3 Å². The van der Waals surface area contributed by atoms with Crippen LogP contribution in [-0.4, -0.2) is 87.9 Å². The molecule has 2 atom stereocenters. The van der Waals surface area contributed by atoms with Gasteiger partial charge in [-0.3, -0.25) is 9.69 Å². The van der Waals surface area contributed by atoms with Gasteiger partial charge in [-0.25, -0.2) is 0 Å². The lowest BCUT2D eigenvalue weighted by molar-refractivity contribution is -0.138. The minimum Gasteiger partial charge on any atom is -0.383 e. The zero-order valence-corrected chi connectivity index (χ0v) is 13.2. The fourth-order valence-electron chi connectivity index (χ4n) is 2.62. The van der Waals surface area contributed by atoms with E-state index in [4.69, 9.17) is 9.47 Å². The van der Waals surface area contributed by atoms with E-state index >= 15 is 0 Å². The molecule has 1 saturated heterocycles. The van der Waals surface area contributed by atoms with Crippen molar-refractivity contribution in [1.29, 1.82) is 0 Å². The smallest absolute Gasteiger partial charge is 0.239 e. The molecule has 20 heavy (non-hydrogen) atoms. The molecule has 6 nitrogen and oxygen atoms in total. The first kappa shape index (κ1) is 17.4. The van der Waals surface area contributed by atoms with E-state index in [-0.39, 0.29) is 18.0 Å². The van der Waals surface area contributed by atoms with Crippen molar-refractivity contribution in [2.75, 3.05) is 60.2 Å². The first-order valence-corrected chi connectivity index (χ1v) is 7.35. The van der Waals surface area contributed by atoms with Crippen LogP contribution in [0.1, 0.15) is 13.8 Å². The molecule has 0 bridgehead atoms. The summed E-state index contributed by atoms with van der Waals surface area (Å²) in [5.74, 6) is 0.200. The highest BCUT2D eigenvalue weighted by Crippen LogP contribution is 2.10. The van der Waals surface area contributed by atoms with Crippen LogP contribution < -0.4 is 5.32 Å². The fraction of sp³-hybridized carbons (Fsp3) is 0.929. The predicted octanol–water partition coefficient (Wildman–Crippen LogP) is -0.210. The molecule has 1 aliphatic heterocycles. The Morgan fingerprint density at radius 3 is 2.45 bits per heavy atom. The fourth-order valence-corrected chi connectivity index (χ4v) is 2.62. The van der Waals surface area contributed by atoms with E-state index in [9.17, 15) is 4.79 Å². The molecular formula is C14H29N3O3. The summed E-state index contributed by atoms with van der Waals surface area (Å²) in [6, 6.07) is 0.0467. The minimum absolute atomic E-state index is 0.145. The van der Waals surface area contributed by atoms with Crippen molar-refractivity contribution in [2.24, 2.45) is 0 Å². The molecule has 6 heteroatoms. The second-order valence-corrected chi connectivity index (χ2v) is 5.29. The van der Waals surface area contributed by atoms with Crippen molar-refractivity contribution in [3.63, 3.8) is 0 Å². The van der Waals surface area contributed by atoms with Crippen molar-refractivity contribution in [3.05, 3.63) is 0 Å². The van der Waals surface area contributed by atoms with E-state index in [2.05, 4.69) is 17.1 Å². The van der Waals surface area contributed by atoms with Crippen LogP contribution >= 0.6 is 0 Å². The standard InChI is InChI=1S/C14H29N3O3/c1-12(11-20-4)17(9-10-19-3)13(2)14(18)16-7-5-15-6-8-16/h12-13,15H,5-11H2,1-4H3. The second-order valence-electron chi connectivity index (χ2n) is 5.29. The van der Waals surface area contributed by atoms with Crippen LogP contribution in [0.4, 0.5) is 0 Å². The summed E-state index contributed by atoms with van der Waals surface area (Å²) in [7, 11) is 3.37. The van der Waals surface area contributed by atoms with Crippen LogP contribution in [0.5, 0.6) is 0 Å². The Labute approximate surface area is 122 Å². The summed E-state index contributed by atoms with van der Waals surface area (Å²) in [5.41, 5.74) is 0. The summed E-state index contributed by atoms with van der Waals surface area (Å²) >= 11 is 0. The Morgan fingerprint density at radius 2 is 1.90 bits per heavy atom. The number of nitrogens with one attached hydrogen (secondary N) is 1. The highest BCUT2D eigenvalue weighted by molar-refractivity contribution is 5.81. The van der Waals surface area contributed by atoms with Gasteiger partial charge in [-0.1, -0.05) is 0 Å². The number of piperazine rings is 1. The van der Waals surface area contributed by atoms with Gasteiger partial charge in [0, 0.05) is 53.0 Å². The van der Waals surface area contributed by atoms with Crippen LogP contribution in [0.25, 0.3) is 0 Å². The average molecular weight is 287 g/mol. The molecule has 0 aromatic heterocycles. The van der Waals surface area contributed by atoms with Crippen LogP contribution in [0, 0.1) is 0 Å². The van der Waals surface area contributed by atoms with Crippen LogP contribution in [0.3, 0.4) is 0 Å². The number of rotatable bonds is 8. The Balaban J connectivity index is 2.64. The molecule has 0 aliphatic carbocycles. The molecular weight excluding hydrogens is 258 g/mol. The molecule has 1 rings (SSSR count). The Morgan fingerprint density at radius 1 is 1.25 bits per heavy atom. The van der Waals surface area contributed by atoms with E-state index in [0.717, 1.165) is 32.7 Å². The number of ether oxygens (including phenoxy) is 2. The first-order valence-electron chi connectivity index (χ1n) is 7.35. The SMILES string of the molecule is COCCN(C(C)COC)C(C)C(=O)N1CCNCC1. The van der Waals surface area contributed by atoms with Gasteiger partial charge >= 0.3 is 0 Å². The molecule has 0 spiro atoms. The van der Waals surface area contributed by atoms with Crippen molar-refractivity contribution in [1.82, 2.24) is 15.1 Å². The monoisotopic (exact) mass is 287 g/mol. The molecule has 118 valence electrons. The van der Waals surface area contributed by atoms with Crippen molar-refractivity contribution in [3.8, 4) is 0 Å². The van der Waals surface area contributed by atoms with Gasteiger partial charge < -0.3 is 19.7 Å². The summed E-state index contributed by atoms with van der Waals surface area (Å²) in [6.07, 6.45) is 0. The maximum Gasteiger partial charge on any atom is 0.239 e. The molecule has 0 saturated carbocycles. The lowest BCUT2D eigenvalue weighted by Gasteiger charge is -2.37. The van der Waals surface area contributed by atoms with Gasteiger partial charge in [-0.05, 0) is 13.8 Å². The lowest BCUT2D eigenvalue weighted by atomic mass is 10.1. The molecule has 1 N–H and O–H groups in total. The molecule has 1 heterocycles. The van der Waals surface area contributed by atoms with Gasteiger partial charge in [0.25, 0.3) is 0 Å². The summed E-state index contributed by atoms with van der Waals surface area (Å²) in [4.78, 5) is 16.7. The Kier molecular flexibility index (Phi) is 8.06. The van der Waals surface area contributed by atoms with Gasteiger partial charge in [-0.2, -0.15) is 0 Å². The first-order chi connectivity index (χ1) is 9.61. The highest BCUT2D eigenvalue weighted by Gasteiger charge is 2.29. The number of carbonyl (C=O) groups is 1. The van der Waals surface area contributed by atoms with E-state index in [1.807, 2.05) is 11.8 Å². The topological polar surface area (TPSA) is 54.0 Å². The normalized spacial score (nSPS) is 19.1. The molecule has 1 aliphatic rings. The number of nitrogens with zero attached hydrogens (tertiary/aromatic N) is 2. The summed E-state index contributed by atoms with van der Waals surface area (Å²) < 4.78 is 10.4. The lowest BCUT2D eigenvalue weighted by Crippen LogP contribution is -2.55. The van der Waals surface area contributed by atoms with Crippen molar-refractivity contribution >= 4 is 5.91 Å². The van der Waals surface area contributed by atoms with Crippen molar-refractivity contribution in [2.45, 2.75) is 25.9 Å². The number of hydrogen-bond acceptors (Lipinski definition) is 5. The molecule has 0 radical (unpaired) electrons.